The Morgan fingerprint density at radius 1 is 1.19 bits per heavy atom. The Hall–Kier alpha value is -2.70. The van der Waals surface area contributed by atoms with Crippen molar-refractivity contribution in [1.82, 2.24) is 19.7 Å². The summed E-state index contributed by atoms with van der Waals surface area (Å²) in [6.07, 6.45) is 5.69. The average molecular weight is 367 g/mol. The fourth-order valence-electron chi connectivity index (χ4n) is 4.30. The predicted molar refractivity (Wildman–Crippen MR) is 101 cm³/mol. The van der Waals surface area contributed by atoms with Gasteiger partial charge in [-0.15, -0.1) is 0 Å². The number of hydrogen-bond acceptors (Lipinski definition) is 4. The maximum atomic E-state index is 12.7. The molecule has 1 unspecified atom stereocenters. The van der Waals surface area contributed by atoms with Crippen LogP contribution in [-0.4, -0.2) is 44.6 Å². The maximum absolute atomic E-state index is 12.7. The molecule has 142 valence electrons. The summed E-state index contributed by atoms with van der Waals surface area (Å²) < 4.78 is 1.55. The van der Waals surface area contributed by atoms with Crippen LogP contribution in [0.5, 0.6) is 0 Å². The smallest absolute Gasteiger partial charge is 0.244 e. The Labute approximate surface area is 158 Å². The molecule has 1 saturated carbocycles. The zero-order valence-corrected chi connectivity index (χ0v) is 15.8. The molecule has 2 amide bonds. The minimum Gasteiger partial charge on any atom is -0.341 e. The van der Waals surface area contributed by atoms with E-state index in [1.54, 1.807) is 11.0 Å². The summed E-state index contributed by atoms with van der Waals surface area (Å²) in [6.45, 7) is 5.71. The van der Waals surface area contributed by atoms with Gasteiger partial charge in [0.05, 0.1) is 0 Å². The van der Waals surface area contributed by atoms with Crippen molar-refractivity contribution in [3.8, 4) is 0 Å². The lowest BCUT2D eigenvalue weighted by molar-refractivity contribution is -0.133. The highest BCUT2D eigenvalue weighted by Crippen LogP contribution is 2.59. The lowest BCUT2D eigenvalue weighted by Crippen LogP contribution is -2.41. The monoisotopic (exact) mass is 367 g/mol. The number of rotatable bonds is 4. The quantitative estimate of drug-likeness (QED) is 0.898. The van der Waals surface area contributed by atoms with Crippen molar-refractivity contribution in [2.45, 2.75) is 39.7 Å². The standard InChI is InChI=1S/C20H25N5O2/c1-14-7-15(2)9-16(8-14)23-19(27)17-10-20(17)3-5-24(6-4-20)18(26)11-25-13-21-12-22-25/h7-9,12-13,17H,3-6,10-11H2,1-2H3,(H,23,27). The number of carbonyl (C=O) groups excluding carboxylic acids is 2. The van der Waals surface area contributed by atoms with E-state index in [2.05, 4.69) is 21.5 Å². The lowest BCUT2D eigenvalue weighted by Gasteiger charge is -2.32. The van der Waals surface area contributed by atoms with Gasteiger partial charge in [-0.05, 0) is 61.8 Å². The number of likely N-dealkylation sites (tertiary alicyclic amines) is 1. The molecule has 7 nitrogen and oxygen atoms in total. The third-order valence-electron chi connectivity index (χ3n) is 5.87. The summed E-state index contributed by atoms with van der Waals surface area (Å²) in [6, 6.07) is 6.11. The summed E-state index contributed by atoms with van der Waals surface area (Å²) in [5, 5.41) is 7.07. The Morgan fingerprint density at radius 2 is 1.89 bits per heavy atom. The van der Waals surface area contributed by atoms with Gasteiger partial charge in [-0.25, -0.2) is 9.67 Å². The van der Waals surface area contributed by atoms with Crippen LogP contribution in [0, 0.1) is 25.2 Å². The summed E-state index contributed by atoms with van der Waals surface area (Å²) in [5.41, 5.74) is 3.25. The van der Waals surface area contributed by atoms with Gasteiger partial charge in [-0.2, -0.15) is 5.10 Å². The van der Waals surface area contributed by atoms with E-state index in [1.807, 2.05) is 30.9 Å². The molecule has 27 heavy (non-hydrogen) atoms. The van der Waals surface area contributed by atoms with Gasteiger partial charge >= 0.3 is 0 Å². The zero-order chi connectivity index (χ0) is 19.0. The van der Waals surface area contributed by atoms with E-state index in [0.29, 0.717) is 13.1 Å². The minimum atomic E-state index is 0.0610. The summed E-state index contributed by atoms with van der Waals surface area (Å²) >= 11 is 0. The third kappa shape index (κ3) is 3.72. The van der Waals surface area contributed by atoms with Crippen molar-refractivity contribution in [3.05, 3.63) is 42.0 Å². The number of hydrogen-bond donors (Lipinski definition) is 1. The highest BCUT2D eigenvalue weighted by molar-refractivity contribution is 5.95. The van der Waals surface area contributed by atoms with Crippen molar-refractivity contribution in [3.63, 3.8) is 0 Å². The molecule has 1 aromatic heterocycles. The second kappa shape index (κ2) is 6.79. The molecule has 1 spiro atoms. The molecule has 2 aromatic rings. The van der Waals surface area contributed by atoms with E-state index in [1.165, 1.54) is 6.33 Å². The summed E-state index contributed by atoms with van der Waals surface area (Å²) in [7, 11) is 0. The van der Waals surface area contributed by atoms with Crippen LogP contribution in [0.15, 0.2) is 30.9 Å². The second-order valence-corrected chi connectivity index (χ2v) is 7.96. The number of piperidine rings is 1. The van der Waals surface area contributed by atoms with Gasteiger partial charge in [-0.3, -0.25) is 9.59 Å². The average Bonchev–Trinajstić information content (AvgIpc) is 3.06. The van der Waals surface area contributed by atoms with Crippen molar-refractivity contribution < 1.29 is 9.59 Å². The minimum absolute atomic E-state index is 0.0610. The number of aromatic nitrogens is 3. The maximum Gasteiger partial charge on any atom is 0.244 e. The Balaban J connectivity index is 1.30. The van der Waals surface area contributed by atoms with Gasteiger partial charge < -0.3 is 10.2 Å². The van der Waals surface area contributed by atoms with Crippen LogP contribution in [0.25, 0.3) is 0 Å². The highest BCUT2D eigenvalue weighted by atomic mass is 16.2. The van der Waals surface area contributed by atoms with Gasteiger partial charge in [0.2, 0.25) is 11.8 Å². The number of carbonyl (C=O) groups is 2. The normalized spacial score (nSPS) is 20.5. The molecule has 1 aliphatic carbocycles. The fourth-order valence-corrected chi connectivity index (χ4v) is 4.30. The number of benzene rings is 1. The summed E-state index contributed by atoms with van der Waals surface area (Å²) in [5.74, 6) is 0.237. The zero-order valence-electron chi connectivity index (χ0n) is 15.8. The van der Waals surface area contributed by atoms with Crippen LogP contribution in [0.4, 0.5) is 5.69 Å². The van der Waals surface area contributed by atoms with E-state index in [0.717, 1.165) is 36.1 Å². The first-order chi connectivity index (χ1) is 12.9. The molecule has 1 N–H and O–H groups in total. The summed E-state index contributed by atoms with van der Waals surface area (Å²) in [4.78, 5) is 30.8. The van der Waals surface area contributed by atoms with Crippen LogP contribution >= 0.6 is 0 Å². The molecule has 7 heteroatoms. The number of anilines is 1. The van der Waals surface area contributed by atoms with E-state index < -0.39 is 0 Å². The van der Waals surface area contributed by atoms with Gasteiger partial charge in [0.25, 0.3) is 0 Å². The van der Waals surface area contributed by atoms with E-state index in [-0.39, 0.29) is 29.7 Å². The van der Waals surface area contributed by atoms with E-state index >= 15 is 0 Å². The van der Waals surface area contributed by atoms with Gasteiger partial charge in [0.15, 0.2) is 0 Å². The number of amides is 2. The Bertz CT molecular complexity index is 833. The third-order valence-corrected chi connectivity index (χ3v) is 5.87. The first-order valence-corrected chi connectivity index (χ1v) is 9.45. The molecule has 1 aliphatic heterocycles. The fraction of sp³-hybridized carbons (Fsp3) is 0.500. The Morgan fingerprint density at radius 3 is 2.52 bits per heavy atom. The van der Waals surface area contributed by atoms with E-state index in [9.17, 15) is 9.59 Å². The van der Waals surface area contributed by atoms with Crippen LogP contribution < -0.4 is 5.32 Å². The van der Waals surface area contributed by atoms with Crippen LogP contribution in [0.1, 0.15) is 30.4 Å². The van der Waals surface area contributed by atoms with Crippen LogP contribution in [0.2, 0.25) is 0 Å². The van der Waals surface area contributed by atoms with Crippen molar-refractivity contribution in [2.24, 2.45) is 11.3 Å². The Kier molecular flexibility index (Phi) is 4.45. The molecule has 1 aromatic carbocycles. The molecule has 0 bridgehead atoms. The lowest BCUT2D eigenvalue weighted by atomic mass is 9.90. The van der Waals surface area contributed by atoms with Crippen LogP contribution in [0.3, 0.4) is 0 Å². The largest absolute Gasteiger partial charge is 0.341 e. The highest BCUT2D eigenvalue weighted by Gasteiger charge is 2.58. The first kappa shape index (κ1) is 17.7. The van der Waals surface area contributed by atoms with Crippen molar-refractivity contribution in [2.75, 3.05) is 18.4 Å². The predicted octanol–water partition coefficient (Wildman–Crippen LogP) is 2.16. The van der Waals surface area contributed by atoms with Crippen LogP contribution in [-0.2, 0) is 16.1 Å². The van der Waals surface area contributed by atoms with Crippen molar-refractivity contribution >= 4 is 17.5 Å². The number of nitrogens with zero attached hydrogens (tertiary/aromatic N) is 4. The molecule has 2 fully saturated rings. The number of aryl methyl sites for hydroxylation is 2. The SMILES string of the molecule is Cc1cc(C)cc(NC(=O)C2CC23CCN(C(=O)Cn2cncn2)CC3)c1. The molecule has 1 atom stereocenters. The molecule has 2 heterocycles. The molecule has 4 rings (SSSR count). The van der Waals surface area contributed by atoms with Gasteiger partial charge in [-0.1, -0.05) is 6.07 Å². The molecular formula is C20H25N5O2. The topological polar surface area (TPSA) is 80.1 Å². The van der Waals surface area contributed by atoms with Gasteiger partial charge in [0, 0.05) is 24.7 Å². The molecule has 1 saturated heterocycles. The molecule has 0 radical (unpaired) electrons. The first-order valence-electron chi connectivity index (χ1n) is 9.45. The van der Waals surface area contributed by atoms with Crippen molar-refractivity contribution in [1.29, 1.82) is 0 Å². The molecule has 2 aliphatic rings. The van der Waals surface area contributed by atoms with Gasteiger partial charge in [0.1, 0.15) is 19.2 Å². The van der Waals surface area contributed by atoms with E-state index in [4.69, 9.17) is 0 Å². The molecular weight excluding hydrogens is 342 g/mol. The number of nitrogens with one attached hydrogen (secondary N) is 1. The second-order valence-electron chi connectivity index (χ2n) is 7.96.